The number of alkyl halides is 3. The van der Waals surface area contributed by atoms with Crippen LogP contribution in [0.25, 0.3) is 0 Å². The highest BCUT2D eigenvalue weighted by Crippen LogP contribution is 2.39. The number of aromatic nitrogens is 2. The number of nitrogens with zero attached hydrogens (tertiary/aromatic N) is 5. The Balaban J connectivity index is 1.46. The number of ether oxygens (including phenoxy) is 1. The Morgan fingerprint density at radius 3 is 2.33 bits per heavy atom. The van der Waals surface area contributed by atoms with Crippen LogP contribution in [0.1, 0.15) is 21.6 Å². The number of piperazine rings is 1. The van der Waals surface area contributed by atoms with Gasteiger partial charge >= 0.3 is 18.2 Å². The summed E-state index contributed by atoms with van der Waals surface area (Å²) in [6.45, 7) is 3.51. The number of rotatable bonds is 4. The van der Waals surface area contributed by atoms with Crippen molar-refractivity contribution in [3.05, 3.63) is 47.3 Å². The molecule has 33 heavy (non-hydrogen) atoms. The number of carboxylic acids is 1. The van der Waals surface area contributed by atoms with Gasteiger partial charge in [0.1, 0.15) is 0 Å². The molecule has 2 aliphatic rings. The van der Waals surface area contributed by atoms with Crippen LogP contribution in [0.2, 0.25) is 0 Å². The number of benzene rings is 1. The molecule has 0 bridgehead atoms. The second-order valence-corrected chi connectivity index (χ2v) is 7.91. The molecule has 0 saturated carbocycles. The van der Waals surface area contributed by atoms with E-state index in [2.05, 4.69) is 5.10 Å². The third-order valence-electron chi connectivity index (χ3n) is 5.79. The van der Waals surface area contributed by atoms with E-state index in [1.165, 1.54) is 18.3 Å². The normalized spacial score (nSPS) is 17.9. The fourth-order valence-corrected chi connectivity index (χ4v) is 4.14. The van der Waals surface area contributed by atoms with E-state index in [-0.39, 0.29) is 11.4 Å². The minimum absolute atomic E-state index is 0.199. The molecule has 2 saturated heterocycles. The van der Waals surface area contributed by atoms with Gasteiger partial charge in [-0.15, -0.1) is 0 Å². The summed E-state index contributed by atoms with van der Waals surface area (Å²) in [7, 11) is 0. The number of carbonyl (C=O) groups excluding carboxylic acids is 1. The number of amides is 1. The zero-order valence-corrected chi connectivity index (χ0v) is 17.8. The molecule has 4 rings (SSSR count). The Morgan fingerprint density at radius 1 is 1.03 bits per heavy atom. The lowest BCUT2D eigenvalue weighted by molar-refractivity contribution is -0.137. The van der Waals surface area contributed by atoms with E-state index in [4.69, 9.17) is 9.84 Å². The summed E-state index contributed by atoms with van der Waals surface area (Å²) in [4.78, 5) is 28.8. The molecular formula is C21H24F3N5O4. The molecule has 9 nitrogen and oxygen atoms in total. The van der Waals surface area contributed by atoms with Crippen LogP contribution in [0.15, 0.2) is 30.5 Å². The van der Waals surface area contributed by atoms with Gasteiger partial charge in [-0.05, 0) is 17.7 Å². The average molecular weight is 467 g/mol. The van der Waals surface area contributed by atoms with Crippen molar-refractivity contribution in [1.29, 1.82) is 0 Å². The first-order valence-corrected chi connectivity index (χ1v) is 10.6. The quantitative estimate of drug-likeness (QED) is 0.738. The topological polar surface area (TPSA) is 91.1 Å². The molecule has 12 heteroatoms. The molecule has 2 aromatic rings. The molecule has 2 aliphatic heterocycles. The first-order valence-electron chi connectivity index (χ1n) is 10.6. The van der Waals surface area contributed by atoms with Gasteiger partial charge in [0.25, 0.3) is 0 Å². The van der Waals surface area contributed by atoms with Crippen LogP contribution in [0.3, 0.4) is 0 Å². The highest BCUT2D eigenvalue weighted by atomic mass is 19.4. The molecule has 0 spiro atoms. The molecule has 3 heterocycles. The Kier molecular flexibility index (Phi) is 6.56. The van der Waals surface area contributed by atoms with Crippen molar-refractivity contribution in [2.75, 3.05) is 57.4 Å². The molecule has 1 amide bonds. The van der Waals surface area contributed by atoms with Crippen molar-refractivity contribution < 1.29 is 32.6 Å². The summed E-state index contributed by atoms with van der Waals surface area (Å²) < 4.78 is 47.6. The van der Waals surface area contributed by atoms with Crippen LogP contribution < -0.4 is 4.90 Å². The van der Waals surface area contributed by atoms with Gasteiger partial charge in [-0.3, -0.25) is 4.90 Å². The van der Waals surface area contributed by atoms with Gasteiger partial charge in [-0.2, -0.15) is 23.0 Å². The highest BCUT2D eigenvalue weighted by Gasteiger charge is 2.36. The van der Waals surface area contributed by atoms with E-state index in [0.29, 0.717) is 64.6 Å². The van der Waals surface area contributed by atoms with E-state index in [0.717, 1.165) is 10.7 Å². The number of hydrogen-bond acceptors (Lipinski definition) is 6. The number of morpholine rings is 1. The lowest BCUT2D eigenvalue weighted by atomic mass is 10.0. The van der Waals surface area contributed by atoms with Crippen LogP contribution in [0.5, 0.6) is 0 Å². The minimum Gasteiger partial charge on any atom is -0.476 e. The second-order valence-electron chi connectivity index (χ2n) is 7.91. The molecular weight excluding hydrogens is 443 g/mol. The van der Waals surface area contributed by atoms with E-state index >= 15 is 0 Å². The van der Waals surface area contributed by atoms with Crippen molar-refractivity contribution in [2.45, 2.75) is 12.7 Å². The summed E-state index contributed by atoms with van der Waals surface area (Å²) in [6.07, 6.45) is -3.16. The van der Waals surface area contributed by atoms with E-state index in [1.807, 2.05) is 4.90 Å². The zero-order valence-electron chi connectivity index (χ0n) is 17.8. The lowest BCUT2D eigenvalue weighted by Crippen LogP contribution is -2.49. The fraction of sp³-hybridized carbons (Fsp3) is 0.476. The van der Waals surface area contributed by atoms with Gasteiger partial charge < -0.3 is 19.6 Å². The first kappa shape index (κ1) is 23.1. The Hall–Kier alpha value is -3.12. The summed E-state index contributed by atoms with van der Waals surface area (Å²) >= 11 is 0. The van der Waals surface area contributed by atoms with Gasteiger partial charge in [0.05, 0.1) is 24.5 Å². The Morgan fingerprint density at radius 2 is 1.73 bits per heavy atom. The predicted octanol–water partition coefficient (Wildman–Crippen LogP) is 2.22. The molecule has 2 fully saturated rings. The maximum Gasteiger partial charge on any atom is 0.418 e. The van der Waals surface area contributed by atoms with Crippen molar-refractivity contribution in [2.24, 2.45) is 0 Å². The van der Waals surface area contributed by atoms with Crippen molar-refractivity contribution in [1.82, 2.24) is 19.6 Å². The summed E-state index contributed by atoms with van der Waals surface area (Å²) in [6, 6.07) is 5.07. The van der Waals surface area contributed by atoms with Crippen molar-refractivity contribution in [3.8, 4) is 0 Å². The molecule has 1 aromatic heterocycles. The SMILES string of the molecule is O=C(O)c1ccn(C(=O)N2CCN(Cc3cccc(C(F)(F)F)c3N3CCOCC3)CC2)n1. The molecule has 0 aliphatic carbocycles. The van der Waals surface area contributed by atoms with Crippen LogP contribution in [-0.2, 0) is 17.5 Å². The third-order valence-corrected chi connectivity index (χ3v) is 5.79. The summed E-state index contributed by atoms with van der Waals surface area (Å²) in [5.41, 5.74) is -0.0833. The number of aromatic carboxylic acids is 1. The molecule has 1 N–H and O–H groups in total. The van der Waals surface area contributed by atoms with Crippen LogP contribution in [0.4, 0.5) is 23.7 Å². The number of halogens is 3. The van der Waals surface area contributed by atoms with Crippen molar-refractivity contribution in [3.63, 3.8) is 0 Å². The zero-order chi connectivity index (χ0) is 23.6. The third kappa shape index (κ3) is 5.11. The van der Waals surface area contributed by atoms with E-state index < -0.39 is 23.7 Å². The van der Waals surface area contributed by atoms with Crippen molar-refractivity contribution >= 4 is 17.7 Å². The van der Waals surface area contributed by atoms with Gasteiger partial charge in [-0.25, -0.2) is 9.59 Å². The number of anilines is 1. The smallest absolute Gasteiger partial charge is 0.418 e. The number of para-hydroxylation sites is 1. The van der Waals surface area contributed by atoms with Gasteiger partial charge in [-0.1, -0.05) is 12.1 Å². The minimum atomic E-state index is -4.46. The van der Waals surface area contributed by atoms with Crippen LogP contribution >= 0.6 is 0 Å². The first-order chi connectivity index (χ1) is 15.7. The Labute approximate surface area is 187 Å². The predicted molar refractivity (Wildman–Crippen MR) is 111 cm³/mol. The van der Waals surface area contributed by atoms with Gasteiger partial charge in [0, 0.05) is 52.0 Å². The van der Waals surface area contributed by atoms with Crippen LogP contribution in [0, 0.1) is 0 Å². The number of carboxylic acid groups (broad SMARTS) is 1. The fourth-order valence-electron chi connectivity index (χ4n) is 4.14. The maximum absolute atomic E-state index is 13.8. The molecule has 0 atom stereocenters. The summed E-state index contributed by atoms with van der Waals surface area (Å²) in [5, 5.41) is 12.7. The molecule has 178 valence electrons. The standard InChI is InChI=1S/C21H24F3N5O4/c22-21(23,24)16-3-1-2-15(18(16)27-10-12-33-13-11-27)14-26-6-8-28(9-7-26)20(32)29-5-4-17(25-29)19(30)31/h1-5H,6-14H2,(H,30,31). The molecule has 0 radical (unpaired) electrons. The molecule has 1 aromatic carbocycles. The molecule has 0 unspecified atom stereocenters. The van der Waals surface area contributed by atoms with Gasteiger partial charge in [0.15, 0.2) is 5.69 Å². The number of hydrogen-bond donors (Lipinski definition) is 1. The Bertz CT molecular complexity index is 1010. The lowest BCUT2D eigenvalue weighted by Gasteiger charge is -2.37. The second kappa shape index (κ2) is 9.40. The monoisotopic (exact) mass is 467 g/mol. The van der Waals surface area contributed by atoms with Gasteiger partial charge in [0.2, 0.25) is 0 Å². The maximum atomic E-state index is 13.8. The highest BCUT2D eigenvalue weighted by molar-refractivity contribution is 5.86. The average Bonchev–Trinajstić information content (AvgIpc) is 3.30. The van der Waals surface area contributed by atoms with Crippen LogP contribution in [-0.4, -0.2) is 89.2 Å². The van der Waals surface area contributed by atoms with E-state index in [9.17, 15) is 22.8 Å². The largest absolute Gasteiger partial charge is 0.476 e. The number of carbonyl (C=O) groups is 2. The summed E-state index contributed by atoms with van der Waals surface area (Å²) in [5.74, 6) is -1.22. The van der Waals surface area contributed by atoms with E-state index in [1.54, 1.807) is 15.9 Å².